The Hall–Kier alpha value is -1.31. The lowest BCUT2D eigenvalue weighted by atomic mass is 10.1. The Bertz CT molecular complexity index is 823. The molecule has 6 nitrogen and oxygen atoms in total. The number of halogens is 2. The van der Waals surface area contributed by atoms with E-state index < -0.39 is 15.9 Å². The van der Waals surface area contributed by atoms with Crippen LogP contribution in [0.25, 0.3) is 0 Å². The predicted octanol–water partition coefficient (Wildman–Crippen LogP) is 2.24. The van der Waals surface area contributed by atoms with E-state index in [2.05, 4.69) is 0 Å². The Balaban J connectivity index is 1.77. The quantitative estimate of drug-likeness (QED) is 0.753. The van der Waals surface area contributed by atoms with Crippen molar-refractivity contribution >= 4 is 44.9 Å². The summed E-state index contributed by atoms with van der Waals surface area (Å²) in [5.41, 5.74) is 0.341. The van der Waals surface area contributed by atoms with E-state index in [0.717, 1.165) is 0 Å². The van der Waals surface area contributed by atoms with Crippen molar-refractivity contribution in [2.45, 2.75) is 31.3 Å². The SMILES string of the molecule is CN(C(=O)[C@@H]1CCCN1C(=O)c1cc(Cl)cc(Cl)c1)[C@@H]1CCS(=O)(=O)C1. The van der Waals surface area contributed by atoms with Crippen molar-refractivity contribution in [2.75, 3.05) is 25.1 Å². The van der Waals surface area contributed by atoms with Crippen LogP contribution in [-0.4, -0.2) is 67.2 Å². The highest BCUT2D eigenvalue weighted by atomic mass is 35.5. The molecule has 2 heterocycles. The second kappa shape index (κ2) is 7.37. The van der Waals surface area contributed by atoms with Gasteiger partial charge in [0.15, 0.2) is 9.84 Å². The molecule has 9 heteroatoms. The minimum atomic E-state index is -3.08. The normalized spacial score (nSPS) is 24.7. The van der Waals surface area contributed by atoms with Crippen LogP contribution >= 0.6 is 23.2 Å². The van der Waals surface area contributed by atoms with Gasteiger partial charge in [0.1, 0.15) is 6.04 Å². The smallest absolute Gasteiger partial charge is 0.254 e. The van der Waals surface area contributed by atoms with Crippen molar-refractivity contribution in [2.24, 2.45) is 0 Å². The first-order valence-corrected chi connectivity index (χ1v) is 11.0. The van der Waals surface area contributed by atoms with Crippen LogP contribution in [0.5, 0.6) is 0 Å². The summed E-state index contributed by atoms with van der Waals surface area (Å²) >= 11 is 12.0. The molecule has 0 saturated carbocycles. The van der Waals surface area contributed by atoms with E-state index in [0.29, 0.717) is 41.4 Å². The number of nitrogens with zero attached hydrogens (tertiary/aromatic N) is 2. The van der Waals surface area contributed by atoms with Gasteiger partial charge < -0.3 is 9.80 Å². The predicted molar refractivity (Wildman–Crippen MR) is 100 cm³/mol. The lowest BCUT2D eigenvalue weighted by Gasteiger charge is -2.31. The first kappa shape index (κ1) is 19.5. The van der Waals surface area contributed by atoms with Crippen molar-refractivity contribution in [3.05, 3.63) is 33.8 Å². The molecule has 0 N–H and O–H groups in total. The highest BCUT2D eigenvalue weighted by molar-refractivity contribution is 7.91. The summed E-state index contributed by atoms with van der Waals surface area (Å²) in [6.45, 7) is 0.468. The Kier molecular flexibility index (Phi) is 5.51. The van der Waals surface area contributed by atoms with Crippen LogP contribution in [0.15, 0.2) is 18.2 Å². The number of likely N-dealkylation sites (tertiary alicyclic amines) is 1. The number of sulfone groups is 1. The van der Waals surface area contributed by atoms with Gasteiger partial charge in [-0.1, -0.05) is 23.2 Å². The van der Waals surface area contributed by atoms with Gasteiger partial charge >= 0.3 is 0 Å². The number of amides is 2. The molecule has 2 amide bonds. The van der Waals surface area contributed by atoms with Crippen LogP contribution in [0.3, 0.4) is 0 Å². The molecule has 2 atom stereocenters. The van der Waals surface area contributed by atoms with Gasteiger partial charge in [-0.05, 0) is 37.5 Å². The number of hydrogen-bond acceptors (Lipinski definition) is 4. The molecular weight excluding hydrogens is 399 g/mol. The molecule has 142 valence electrons. The Morgan fingerprint density at radius 2 is 1.81 bits per heavy atom. The first-order chi connectivity index (χ1) is 12.2. The molecule has 0 radical (unpaired) electrons. The van der Waals surface area contributed by atoms with Gasteiger partial charge in [0, 0.05) is 35.2 Å². The second-order valence-electron chi connectivity index (χ2n) is 6.82. The Morgan fingerprint density at radius 1 is 1.15 bits per heavy atom. The molecule has 2 aliphatic heterocycles. The summed E-state index contributed by atoms with van der Waals surface area (Å²) in [7, 11) is -1.47. The maximum absolute atomic E-state index is 12.9. The van der Waals surface area contributed by atoms with E-state index in [1.807, 2.05) is 0 Å². The Morgan fingerprint density at radius 3 is 2.38 bits per heavy atom. The maximum atomic E-state index is 12.9. The lowest BCUT2D eigenvalue weighted by molar-refractivity contribution is -0.135. The zero-order valence-electron chi connectivity index (χ0n) is 14.3. The van der Waals surface area contributed by atoms with Crippen molar-refractivity contribution in [1.29, 1.82) is 0 Å². The monoisotopic (exact) mass is 418 g/mol. The topological polar surface area (TPSA) is 74.8 Å². The number of hydrogen-bond donors (Lipinski definition) is 0. The molecule has 2 aliphatic rings. The van der Waals surface area contributed by atoms with E-state index >= 15 is 0 Å². The minimum absolute atomic E-state index is 0.0141. The number of benzene rings is 1. The van der Waals surface area contributed by atoms with Gasteiger partial charge in [0.2, 0.25) is 5.91 Å². The molecule has 2 saturated heterocycles. The van der Waals surface area contributed by atoms with Crippen molar-refractivity contribution in [3.63, 3.8) is 0 Å². The summed E-state index contributed by atoms with van der Waals surface area (Å²) in [4.78, 5) is 28.8. The second-order valence-corrected chi connectivity index (χ2v) is 9.92. The molecule has 0 bridgehead atoms. The van der Waals surface area contributed by atoms with Gasteiger partial charge in [-0.2, -0.15) is 0 Å². The molecule has 26 heavy (non-hydrogen) atoms. The highest BCUT2D eigenvalue weighted by Crippen LogP contribution is 2.26. The minimum Gasteiger partial charge on any atom is -0.340 e. The molecule has 1 aromatic carbocycles. The van der Waals surface area contributed by atoms with Gasteiger partial charge in [0.25, 0.3) is 5.91 Å². The largest absolute Gasteiger partial charge is 0.340 e. The zero-order chi connectivity index (χ0) is 19.1. The lowest BCUT2D eigenvalue weighted by Crippen LogP contribution is -2.49. The fourth-order valence-corrected chi connectivity index (χ4v) is 5.91. The van der Waals surface area contributed by atoms with E-state index in [9.17, 15) is 18.0 Å². The van der Waals surface area contributed by atoms with Crippen LogP contribution in [0.2, 0.25) is 10.0 Å². The number of rotatable bonds is 3. The molecule has 0 unspecified atom stereocenters. The molecule has 3 rings (SSSR count). The summed E-state index contributed by atoms with van der Waals surface area (Å²) in [5.74, 6) is -0.424. The van der Waals surface area contributed by atoms with Crippen molar-refractivity contribution < 1.29 is 18.0 Å². The van der Waals surface area contributed by atoms with E-state index in [1.165, 1.54) is 21.9 Å². The number of carbonyl (C=O) groups excluding carboxylic acids is 2. The fourth-order valence-electron chi connectivity index (χ4n) is 3.61. The molecule has 0 spiro atoms. The molecule has 0 aliphatic carbocycles. The summed E-state index contributed by atoms with van der Waals surface area (Å²) in [6.07, 6.45) is 1.71. The molecular formula is C17H20Cl2N2O4S. The van der Waals surface area contributed by atoms with Crippen LogP contribution in [0.4, 0.5) is 0 Å². The highest BCUT2D eigenvalue weighted by Gasteiger charge is 2.40. The Labute approximate surface area is 163 Å². The summed E-state index contributed by atoms with van der Waals surface area (Å²) < 4.78 is 23.4. The van der Waals surface area contributed by atoms with Gasteiger partial charge in [-0.25, -0.2) is 8.42 Å². The summed E-state index contributed by atoms with van der Waals surface area (Å²) in [6, 6.07) is 3.69. The third-order valence-corrected chi connectivity index (χ3v) is 7.20. The van der Waals surface area contributed by atoms with Crippen LogP contribution in [0, 0.1) is 0 Å². The maximum Gasteiger partial charge on any atom is 0.254 e. The standard InChI is InChI=1S/C17H20Cl2N2O4S/c1-20(14-4-6-26(24,25)10-14)17(23)15-3-2-5-21(15)16(22)11-7-12(18)9-13(19)8-11/h7-9,14-15H,2-6,10H2,1H3/t14-,15+/m1/s1. The number of carbonyl (C=O) groups is 2. The summed E-state index contributed by atoms with van der Waals surface area (Å²) in [5, 5.41) is 0.715. The van der Waals surface area contributed by atoms with Crippen molar-refractivity contribution in [1.82, 2.24) is 9.80 Å². The zero-order valence-corrected chi connectivity index (χ0v) is 16.6. The average molecular weight is 419 g/mol. The average Bonchev–Trinajstić information content (AvgIpc) is 3.18. The molecule has 0 aromatic heterocycles. The van der Waals surface area contributed by atoms with Gasteiger partial charge in [0.05, 0.1) is 11.5 Å². The van der Waals surface area contributed by atoms with E-state index in [-0.39, 0.29) is 29.4 Å². The van der Waals surface area contributed by atoms with E-state index in [4.69, 9.17) is 23.2 Å². The molecule has 2 fully saturated rings. The number of likely N-dealkylation sites (N-methyl/N-ethyl adjacent to an activating group) is 1. The van der Waals surface area contributed by atoms with Gasteiger partial charge in [-0.3, -0.25) is 9.59 Å². The van der Waals surface area contributed by atoms with E-state index in [1.54, 1.807) is 13.1 Å². The third-order valence-electron chi connectivity index (χ3n) is 5.01. The van der Waals surface area contributed by atoms with Crippen molar-refractivity contribution in [3.8, 4) is 0 Å². The van der Waals surface area contributed by atoms with Crippen LogP contribution < -0.4 is 0 Å². The van der Waals surface area contributed by atoms with Crippen LogP contribution in [-0.2, 0) is 14.6 Å². The molecule has 1 aromatic rings. The fraction of sp³-hybridized carbons (Fsp3) is 0.529. The van der Waals surface area contributed by atoms with Gasteiger partial charge in [-0.15, -0.1) is 0 Å². The first-order valence-electron chi connectivity index (χ1n) is 8.42. The van der Waals surface area contributed by atoms with Crippen LogP contribution in [0.1, 0.15) is 29.6 Å². The third kappa shape index (κ3) is 4.00.